The number of nitrogens with one attached hydrogen (secondary N) is 1. The molecule has 4 heteroatoms. The van der Waals surface area contributed by atoms with Crippen LogP contribution in [0.25, 0.3) is 0 Å². The van der Waals surface area contributed by atoms with E-state index in [1.54, 1.807) is 19.1 Å². The van der Waals surface area contributed by atoms with Gasteiger partial charge in [0.2, 0.25) is 0 Å². The summed E-state index contributed by atoms with van der Waals surface area (Å²) in [5.41, 5.74) is 7.68. The molecule has 0 atom stereocenters. The smallest absolute Gasteiger partial charge is 0.127 e. The van der Waals surface area contributed by atoms with Gasteiger partial charge in [0.05, 0.1) is 0 Å². The Morgan fingerprint density at radius 1 is 0.882 bits per heavy atom. The Morgan fingerprint density at radius 2 is 1.47 bits per heavy atom. The van der Waals surface area contributed by atoms with Crippen LogP contribution in [0.3, 0.4) is 0 Å². The number of rotatable bonds is 2. The Bertz CT molecular complexity index is 463. The van der Waals surface area contributed by atoms with E-state index in [0.717, 1.165) is 5.56 Å². The molecule has 0 heterocycles. The zero-order valence-electron chi connectivity index (χ0n) is 9.30. The minimum atomic E-state index is -0.430. The molecule has 88 valence electrons. The largest absolute Gasteiger partial charge is 0.399 e. The first kappa shape index (κ1) is 11.4. The molecule has 2 rings (SSSR count). The summed E-state index contributed by atoms with van der Waals surface area (Å²) >= 11 is 0. The highest BCUT2D eigenvalue weighted by molar-refractivity contribution is 5.64. The van der Waals surface area contributed by atoms with Crippen LogP contribution in [0.2, 0.25) is 0 Å². The van der Waals surface area contributed by atoms with Crippen LogP contribution < -0.4 is 11.1 Å². The third kappa shape index (κ3) is 2.93. The number of benzene rings is 2. The van der Waals surface area contributed by atoms with Crippen LogP contribution in [-0.4, -0.2) is 0 Å². The molecule has 0 spiro atoms. The van der Waals surface area contributed by atoms with Crippen molar-refractivity contribution in [2.24, 2.45) is 0 Å². The van der Waals surface area contributed by atoms with Crippen LogP contribution in [0.1, 0.15) is 5.56 Å². The first-order valence-corrected chi connectivity index (χ1v) is 5.13. The average Bonchev–Trinajstić information content (AvgIpc) is 2.13. The molecule has 0 aliphatic heterocycles. The van der Waals surface area contributed by atoms with E-state index in [4.69, 9.17) is 5.73 Å². The van der Waals surface area contributed by atoms with Gasteiger partial charge in [0.25, 0.3) is 0 Å². The minimum absolute atomic E-state index is 0.320. The molecule has 0 aromatic heterocycles. The number of aryl methyl sites for hydroxylation is 1. The van der Waals surface area contributed by atoms with Gasteiger partial charge in [-0.05, 0) is 48.9 Å². The normalized spacial score (nSPS) is 10.3. The summed E-state index contributed by atoms with van der Waals surface area (Å²) in [6.07, 6.45) is 0. The molecular weight excluding hydrogens is 222 g/mol. The predicted octanol–water partition coefficient (Wildman–Crippen LogP) is 3.60. The van der Waals surface area contributed by atoms with Crippen molar-refractivity contribution in [3.05, 3.63) is 53.6 Å². The van der Waals surface area contributed by atoms with Crippen LogP contribution in [-0.2, 0) is 0 Å². The van der Waals surface area contributed by atoms with Crippen molar-refractivity contribution in [1.29, 1.82) is 0 Å². The summed E-state index contributed by atoms with van der Waals surface area (Å²) in [5, 5.41) is 2.91. The van der Waals surface area contributed by atoms with Gasteiger partial charge in [-0.15, -0.1) is 0 Å². The maximum atomic E-state index is 13.2. The second kappa shape index (κ2) is 4.41. The molecular formula is C13H12F2N2. The van der Waals surface area contributed by atoms with Crippen molar-refractivity contribution in [1.82, 2.24) is 0 Å². The Hall–Kier alpha value is -2.10. The first-order chi connectivity index (χ1) is 8.02. The van der Waals surface area contributed by atoms with E-state index in [2.05, 4.69) is 5.32 Å². The van der Waals surface area contributed by atoms with E-state index in [1.165, 1.54) is 24.3 Å². The summed E-state index contributed by atoms with van der Waals surface area (Å²) in [7, 11) is 0. The van der Waals surface area contributed by atoms with Gasteiger partial charge >= 0.3 is 0 Å². The van der Waals surface area contributed by atoms with E-state index in [9.17, 15) is 8.78 Å². The van der Waals surface area contributed by atoms with Crippen LogP contribution >= 0.6 is 0 Å². The first-order valence-electron chi connectivity index (χ1n) is 5.13. The molecule has 0 aliphatic carbocycles. The average molecular weight is 234 g/mol. The lowest BCUT2D eigenvalue weighted by Gasteiger charge is -2.08. The zero-order valence-corrected chi connectivity index (χ0v) is 9.30. The summed E-state index contributed by atoms with van der Waals surface area (Å²) < 4.78 is 26.2. The van der Waals surface area contributed by atoms with Gasteiger partial charge in [0.15, 0.2) is 0 Å². The number of hydrogen-bond donors (Lipinski definition) is 2. The Morgan fingerprint density at radius 3 is 2.06 bits per heavy atom. The Kier molecular flexibility index (Phi) is 2.95. The molecule has 0 aliphatic rings. The molecule has 0 saturated carbocycles. The number of nitrogen functional groups attached to an aromatic ring is 1. The fraction of sp³-hybridized carbons (Fsp3) is 0.0769. The fourth-order valence-electron chi connectivity index (χ4n) is 1.66. The van der Waals surface area contributed by atoms with Gasteiger partial charge in [-0.1, -0.05) is 0 Å². The molecule has 2 nitrogen and oxygen atoms in total. The third-order valence-corrected chi connectivity index (χ3v) is 2.25. The van der Waals surface area contributed by atoms with Gasteiger partial charge in [0, 0.05) is 17.1 Å². The molecule has 0 saturated heterocycles. The topological polar surface area (TPSA) is 38.0 Å². The van der Waals surface area contributed by atoms with Gasteiger partial charge in [-0.25, -0.2) is 8.78 Å². The van der Waals surface area contributed by atoms with Gasteiger partial charge in [-0.2, -0.15) is 0 Å². The maximum Gasteiger partial charge on any atom is 0.127 e. The van der Waals surface area contributed by atoms with Crippen molar-refractivity contribution < 1.29 is 8.78 Å². The van der Waals surface area contributed by atoms with Gasteiger partial charge in [-0.3, -0.25) is 0 Å². The minimum Gasteiger partial charge on any atom is -0.399 e. The van der Waals surface area contributed by atoms with Gasteiger partial charge in [0.1, 0.15) is 11.6 Å². The summed E-state index contributed by atoms with van der Waals surface area (Å²) in [5.74, 6) is -0.766. The zero-order chi connectivity index (χ0) is 12.4. The van der Waals surface area contributed by atoms with Crippen molar-refractivity contribution in [2.45, 2.75) is 6.92 Å². The second-order valence-electron chi connectivity index (χ2n) is 3.92. The van der Waals surface area contributed by atoms with Crippen molar-refractivity contribution >= 4 is 17.1 Å². The standard InChI is InChI=1S/C13H12F2N2/c1-8-2-9(14)5-12(3-8)17-13-6-10(15)4-11(16)7-13/h2-7,17H,16H2,1H3. The summed E-state index contributed by atoms with van der Waals surface area (Å²) in [6.45, 7) is 1.79. The number of hydrogen-bond acceptors (Lipinski definition) is 2. The number of anilines is 3. The van der Waals surface area contributed by atoms with Crippen LogP contribution in [0.15, 0.2) is 36.4 Å². The SMILES string of the molecule is Cc1cc(F)cc(Nc2cc(N)cc(F)c2)c1. The molecule has 0 amide bonds. The van der Waals surface area contributed by atoms with Crippen molar-refractivity contribution in [2.75, 3.05) is 11.1 Å². The maximum absolute atomic E-state index is 13.2. The highest BCUT2D eigenvalue weighted by Crippen LogP contribution is 2.22. The lowest BCUT2D eigenvalue weighted by molar-refractivity contribution is 0.627. The van der Waals surface area contributed by atoms with Crippen molar-refractivity contribution in [3.63, 3.8) is 0 Å². The van der Waals surface area contributed by atoms with Crippen LogP contribution in [0.5, 0.6) is 0 Å². The Labute approximate surface area is 98.1 Å². The molecule has 2 aromatic carbocycles. The lowest BCUT2D eigenvalue weighted by atomic mass is 10.2. The lowest BCUT2D eigenvalue weighted by Crippen LogP contribution is -1.95. The number of nitrogens with two attached hydrogens (primary N) is 1. The molecule has 0 fully saturated rings. The molecule has 0 unspecified atom stereocenters. The van der Waals surface area contributed by atoms with E-state index in [-0.39, 0.29) is 5.82 Å². The second-order valence-corrected chi connectivity index (χ2v) is 3.92. The van der Waals surface area contributed by atoms with E-state index < -0.39 is 5.82 Å². The molecule has 0 radical (unpaired) electrons. The van der Waals surface area contributed by atoms with Crippen LogP contribution in [0.4, 0.5) is 25.8 Å². The molecule has 17 heavy (non-hydrogen) atoms. The molecule has 0 bridgehead atoms. The van der Waals surface area contributed by atoms with Gasteiger partial charge < -0.3 is 11.1 Å². The summed E-state index contributed by atoms with van der Waals surface area (Å²) in [4.78, 5) is 0. The van der Waals surface area contributed by atoms with E-state index in [0.29, 0.717) is 17.1 Å². The third-order valence-electron chi connectivity index (χ3n) is 2.25. The monoisotopic (exact) mass is 234 g/mol. The predicted molar refractivity (Wildman–Crippen MR) is 65.2 cm³/mol. The van der Waals surface area contributed by atoms with Crippen LogP contribution in [0, 0.1) is 18.6 Å². The highest BCUT2D eigenvalue weighted by atomic mass is 19.1. The quantitative estimate of drug-likeness (QED) is 0.779. The molecule has 3 N–H and O–H groups in total. The highest BCUT2D eigenvalue weighted by Gasteiger charge is 2.01. The van der Waals surface area contributed by atoms with E-state index in [1.807, 2.05) is 0 Å². The van der Waals surface area contributed by atoms with Crippen molar-refractivity contribution in [3.8, 4) is 0 Å². The number of halogens is 2. The summed E-state index contributed by atoms with van der Waals surface area (Å²) in [6, 6.07) is 8.64. The fourth-order valence-corrected chi connectivity index (χ4v) is 1.66. The van der Waals surface area contributed by atoms with E-state index >= 15 is 0 Å². The molecule has 2 aromatic rings. The Balaban J connectivity index is 2.31.